The van der Waals surface area contributed by atoms with Crippen LogP contribution in [0.25, 0.3) is 0 Å². The van der Waals surface area contributed by atoms with Crippen molar-refractivity contribution in [3.8, 4) is 5.75 Å². The molecule has 0 unspecified atom stereocenters. The number of amides is 2. The second-order valence-electron chi connectivity index (χ2n) is 9.00. The number of methoxy groups -OCH3 is 1. The Bertz CT molecular complexity index is 1330. The first-order valence-electron chi connectivity index (χ1n) is 12.5. The van der Waals surface area contributed by atoms with Gasteiger partial charge in [0.05, 0.1) is 17.7 Å². The van der Waals surface area contributed by atoms with Crippen LogP contribution in [0.1, 0.15) is 31.4 Å². The maximum Gasteiger partial charge on any atom is 0.264 e. The zero-order valence-electron chi connectivity index (χ0n) is 22.3. The van der Waals surface area contributed by atoms with Gasteiger partial charge in [0.2, 0.25) is 11.8 Å². The molecular formula is C29H35N3O5S. The highest BCUT2D eigenvalue weighted by Crippen LogP contribution is 2.26. The minimum absolute atomic E-state index is 0.0580. The van der Waals surface area contributed by atoms with E-state index in [1.54, 1.807) is 49.4 Å². The number of nitrogens with one attached hydrogen (secondary N) is 1. The molecule has 0 bridgehead atoms. The van der Waals surface area contributed by atoms with Crippen LogP contribution in [0.2, 0.25) is 0 Å². The molecule has 0 fully saturated rings. The number of aryl methyl sites for hydroxylation is 1. The van der Waals surface area contributed by atoms with E-state index in [-0.39, 0.29) is 17.3 Å². The minimum atomic E-state index is -4.10. The summed E-state index contributed by atoms with van der Waals surface area (Å²) in [5, 5.41) is 2.84. The van der Waals surface area contributed by atoms with Crippen molar-refractivity contribution in [1.82, 2.24) is 10.2 Å². The Morgan fingerprint density at radius 2 is 1.66 bits per heavy atom. The maximum atomic E-state index is 13.9. The third-order valence-corrected chi connectivity index (χ3v) is 7.91. The zero-order chi connectivity index (χ0) is 27.7. The van der Waals surface area contributed by atoms with Gasteiger partial charge in [-0.05, 0) is 62.2 Å². The summed E-state index contributed by atoms with van der Waals surface area (Å²) in [5.74, 6) is -0.241. The van der Waals surface area contributed by atoms with Gasteiger partial charge in [-0.3, -0.25) is 13.9 Å². The van der Waals surface area contributed by atoms with Crippen LogP contribution in [0.4, 0.5) is 5.69 Å². The number of ether oxygens (including phenoxy) is 1. The molecule has 0 aliphatic carbocycles. The molecule has 38 heavy (non-hydrogen) atoms. The van der Waals surface area contributed by atoms with Gasteiger partial charge < -0.3 is 15.0 Å². The number of benzene rings is 3. The lowest BCUT2D eigenvalue weighted by atomic mass is 10.1. The molecule has 2 amide bonds. The van der Waals surface area contributed by atoms with Gasteiger partial charge in [-0.15, -0.1) is 0 Å². The lowest BCUT2D eigenvalue weighted by Gasteiger charge is -2.32. The third kappa shape index (κ3) is 7.13. The highest BCUT2D eigenvalue weighted by Gasteiger charge is 2.32. The fraction of sp³-hybridized carbons (Fsp3) is 0.310. The average Bonchev–Trinajstić information content (AvgIpc) is 2.93. The summed E-state index contributed by atoms with van der Waals surface area (Å²) >= 11 is 0. The fourth-order valence-electron chi connectivity index (χ4n) is 3.98. The number of hydrogen-bond donors (Lipinski definition) is 1. The second kappa shape index (κ2) is 13.1. The van der Waals surface area contributed by atoms with Gasteiger partial charge in [0, 0.05) is 13.1 Å². The quantitative estimate of drug-likeness (QED) is 0.375. The molecule has 0 aromatic heterocycles. The van der Waals surface area contributed by atoms with Crippen molar-refractivity contribution in [3.63, 3.8) is 0 Å². The number of carbonyl (C=O) groups excluding carboxylic acids is 2. The van der Waals surface area contributed by atoms with E-state index in [9.17, 15) is 18.0 Å². The van der Waals surface area contributed by atoms with E-state index in [1.165, 1.54) is 24.1 Å². The van der Waals surface area contributed by atoms with Gasteiger partial charge in [-0.2, -0.15) is 0 Å². The number of anilines is 1. The van der Waals surface area contributed by atoms with E-state index >= 15 is 0 Å². The average molecular weight is 538 g/mol. The summed E-state index contributed by atoms with van der Waals surface area (Å²) in [5.41, 5.74) is 2.17. The SMILES string of the molecule is CCCNC(=O)[C@@H](C)N(Cc1cccc(C)c1)C(=O)CN(c1ccc(OC)cc1)S(=O)(=O)c1ccccc1. The first-order valence-corrected chi connectivity index (χ1v) is 14.0. The molecular weight excluding hydrogens is 502 g/mol. The van der Waals surface area contributed by atoms with Gasteiger partial charge in [0.1, 0.15) is 18.3 Å². The molecule has 1 N–H and O–H groups in total. The molecule has 0 saturated heterocycles. The predicted octanol–water partition coefficient (Wildman–Crippen LogP) is 4.14. The van der Waals surface area contributed by atoms with E-state index in [1.807, 2.05) is 38.1 Å². The lowest BCUT2D eigenvalue weighted by Crippen LogP contribution is -2.51. The number of nitrogens with zero attached hydrogens (tertiary/aromatic N) is 2. The van der Waals surface area contributed by atoms with Crippen LogP contribution in [0.15, 0.2) is 83.8 Å². The molecule has 3 aromatic carbocycles. The monoisotopic (exact) mass is 537 g/mol. The number of sulfonamides is 1. The standard InChI is InChI=1S/C29H35N3O5S/c1-5-18-30-29(34)23(3)31(20-24-11-9-10-22(2)19-24)28(33)21-32(25-14-16-26(37-4)17-15-25)38(35,36)27-12-7-6-8-13-27/h6-17,19,23H,5,18,20-21H2,1-4H3,(H,30,34)/t23-/m1/s1. The van der Waals surface area contributed by atoms with Crippen LogP contribution in [0.3, 0.4) is 0 Å². The molecule has 0 radical (unpaired) electrons. The normalized spacial score (nSPS) is 11.9. The topological polar surface area (TPSA) is 96.0 Å². The van der Waals surface area contributed by atoms with Crippen LogP contribution >= 0.6 is 0 Å². The van der Waals surface area contributed by atoms with Crippen LogP contribution in [-0.4, -0.2) is 51.4 Å². The van der Waals surface area contributed by atoms with Gasteiger partial charge in [0.25, 0.3) is 10.0 Å². The summed E-state index contributed by atoms with van der Waals surface area (Å²) in [4.78, 5) is 28.2. The van der Waals surface area contributed by atoms with E-state index < -0.39 is 28.5 Å². The number of carbonyl (C=O) groups is 2. The van der Waals surface area contributed by atoms with Gasteiger partial charge in [-0.1, -0.05) is 55.0 Å². The summed E-state index contributed by atoms with van der Waals surface area (Å²) in [6, 6.07) is 21.3. The van der Waals surface area contributed by atoms with Crippen molar-refractivity contribution in [1.29, 1.82) is 0 Å². The Balaban J connectivity index is 2.01. The molecule has 0 aliphatic heterocycles. The van der Waals surface area contributed by atoms with Crippen LogP contribution in [0.5, 0.6) is 5.75 Å². The number of rotatable bonds is 12. The van der Waals surface area contributed by atoms with Crippen molar-refractivity contribution in [3.05, 3.63) is 90.0 Å². The van der Waals surface area contributed by atoms with Crippen molar-refractivity contribution >= 4 is 27.5 Å². The molecule has 8 nitrogen and oxygen atoms in total. The summed E-state index contributed by atoms with van der Waals surface area (Å²) in [6.45, 7) is 5.70. The molecule has 9 heteroatoms. The summed E-state index contributed by atoms with van der Waals surface area (Å²) in [6.07, 6.45) is 0.755. The van der Waals surface area contributed by atoms with Crippen molar-refractivity contribution in [2.75, 3.05) is 24.5 Å². The van der Waals surface area contributed by atoms with Crippen LogP contribution in [-0.2, 0) is 26.2 Å². The molecule has 202 valence electrons. The van der Waals surface area contributed by atoms with Crippen LogP contribution < -0.4 is 14.4 Å². The van der Waals surface area contributed by atoms with Gasteiger partial charge in [0.15, 0.2) is 0 Å². The first-order chi connectivity index (χ1) is 18.2. The van der Waals surface area contributed by atoms with Gasteiger partial charge >= 0.3 is 0 Å². The lowest BCUT2D eigenvalue weighted by molar-refractivity contribution is -0.139. The zero-order valence-corrected chi connectivity index (χ0v) is 23.1. The molecule has 0 heterocycles. The molecule has 0 spiro atoms. The fourth-order valence-corrected chi connectivity index (χ4v) is 5.42. The molecule has 1 atom stereocenters. The Labute approximate surface area is 225 Å². The third-order valence-electron chi connectivity index (χ3n) is 6.12. The summed E-state index contributed by atoms with van der Waals surface area (Å²) < 4.78 is 33.8. The Hall–Kier alpha value is -3.85. The van der Waals surface area contributed by atoms with E-state index in [0.29, 0.717) is 18.0 Å². The molecule has 0 aliphatic rings. The molecule has 3 aromatic rings. The summed E-state index contributed by atoms with van der Waals surface area (Å²) in [7, 11) is -2.58. The predicted molar refractivity (Wildman–Crippen MR) is 148 cm³/mol. The Morgan fingerprint density at radius 3 is 2.26 bits per heavy atom. The van der Waals surface area contributed by atoms with Crippen molar-refractivity contribution < 1.29 is 22.7 Å². The highest BCUT2D eigenvalue weighted by molar-refractivity contribution is 7.92. The Kier molecular flexibility index (Phi) is 9.90. The molecule has 3 rings (SSSR count). The van der Waals surface area contributed by atoms with Crippen LogP contribution in [0, 0.1) is 6.92 Å². The Morgan fingerprint density at radius 1 is 0.974 bits per heavy atom. The molecule has 0 saturated carbocycles. The van der Waals surface area contributed by atoms with E-state index in [4.69, 9.17) is 4.74 Å². The van der Waals surface area contributed by atoms with E-state index in [2.05, 4.69) is 5.32 Å². The largest absolute Gasteiger partial charge is 0.497 e. The van der Waals surface area contributed by atoms with Crippen molar-refractivity contribution in [2.45, 2.75) is 44.7 Å². The smallest absolute Gasteiger partial charge is 0.264 e. The minimum Gasteiger partial charge on any atom is -0.497 e. The van der Waals surface area contributed by atoms with Crippen molar-refractivity contribution in [2.24, 2.45) is 0 Å². The first kappa shape index (κ1) is 28.7. The maximum absolute atomic E-state index is 13.9. The van der Waals surface area contributed by atoms with E-state index in [0.717, 1.165) is 21.9 Å². The number of hydrogen-bond acceptors (Lipinski definition) is 5. The van der Waals surface area contributed by atoms with Gasteiger partial charge in [-0.25, -0.2) is 8.42 Å². The second-order valence-corrected chi connectivity index (χ2v) is 10.9. The highest BCUT2D eigenvalue weighted by atomic mass is 32.2.